The van der Waals surface area contributed by atoms with Gasteiger partial charge in [0.2, 0.25) is 0 Å². The monoisotopic (exact) mass is 293 g/mol. The van der Waals surface area contributed by atoms with Crippen molar-refractivity contribution in [1.82, 2.24) is 14.9 Å². The fraction of sp³-hybridized carbons (Fsp3) is 0.467. The smallest absolute Gasteiger partial charge is 0.316 e. The van der Waals surface area contributed by atoms with Crippen LogP contribution >= 0.6 is 12.4 Å². The minimum absolute atomic E-state index is 0. The molecule has 5 heteroatoms. The first-order valence-electron chi connectivity index (χ1n) is 6.84. The summed E-state index contributed by atoms with van der Waals surface area (Å²) in [6.07, 6.45) is 4.22. The third kappa shape index (κ3) is 3.58. The Morgan fingerprint density at radius 1 is 1.25 bits per heavy atom. The molecule has 108 valence electrons. The number of aromatic nitrogens is 2. The molecule has 2 aromatic rings. The molecule has 0 unspecified atom stereocenters. The van der Waals surface area contributed by atoms with E-state index in [-0.39, 0.29) is 12.4 Å². The summed E-state index contributed by atoms with van der Waals surface area (Å²) in [5.41, 5.74) is 0.941. The molecule has 1 aliphatic heterocycles. The van der Waals surface area contributed by atoms with E-state index in [0.29, 0.717) is 11.9 Å². The molecule has 20 heavy (non-hydrogen) atoms. The number of halogens is 1. The zero-order chi connectivity index (χ0) is 13.1. The zero-order valence-corrected chi connectivity index (χ0v) is 12.5. The van der Waals surface area contributed by atoms with Crippen LogP contribution in [0.5, 0.6) is 6.01 Å². The fourth-order valence-corrected chi connectivity index (χ4v) is 2.45. The van der Waals surface area contributed by atoms with Gasteiger partial charge in [0.05, 0.1) is 12.1 Å². The van der Waals surface area contributed by atoms with Crippen LogP contribution in [-0.4, -0.2) is 41.6 Å². The highest BCUT2D eigenvalue weighted by molar-refractivity contribution is 5.85. The molecule has 1 fully saturated rings. The van der Waals surface area contributed by atoms with Gasteiger partial charge >= 0.3 is 6.01 Å². The van der Waals surface area contributed by atoms with E-state index in [2.05, 4.69) is 21.9 Å². The van der Waals surface area contributed by atoms with E-state index >= 15 is 0 Å². The molecule has 1 saturated heterocycles. The van der Waals surface area contributed by atoms with Crippen LogP contribution in [0.2, 0.25) is 0 Å². The predicted molar refractivity (Wildman–Crippen MR) is 82.5 cm³/mol. The van der Waals surface area contributed by atoms with Crippen molar-refractivity contribution in [1.29, 1.82) is 0 Å². The van der Waals surface area contributed by atoms with E-state index in [1.807, 2.05) is 30.5 Å². The lowest BCUT2D eigenvalue weighted by Crippen LogP contribution is -2.32. The highest BCUT2D eigenvalue weighted by Crippen LogP contribution is 2.18. The van der Waals surface area contributed by atoms with Crippen molar-refractivity contribution in [2.24, 2.45) is 5.92 Å². The molecule has 1 aromatic heterocycles. The molecule has 0 amide bonds. The van der Waals surface area contributed by atoms with Crippen molar-refractivity contribution >= 4 is 23.3 Å². The Bertz CT molecular complexity index is 556. The van der Waals surface area contributed by atoms with Gasteiger partial charge in [0.15, 0.2) is 0 Å². The molecule has 0 aliphatic carbocycles. The fourth-order valence-electron chi connectivity index (χ4n) is 2.45. The molecule has 0 N–H and O–H groups in total. The predicted octanol–water partition coefficient (Wildman–Crippen LogP) is 2.77. The van der Waals surface area contributed by atoms with Gasteiger partial charge in [-0.1, -0.05) is 18.2 Å². The van der Waals surface area contributed by atoms with Crippen molar-refractivity contribution < 1.29 is 4.74 Å². The van der Waals surface area contributed by atoms with Crippen molar-refractivity contribution in [2.45, 2.75) is 12.8 Å². The van der Waals surface area contributed by atoms with Crippen molar-refractivity contribution in [3.8, 4) is 6.01 Å². The Morgan fingerprint density at radius 2 is 2.00 bits per heavy atom. The van der Waals surface area contributed by atoms with E-state index in [0.717, 1.165) is 30.6 Å². The van der Waals surface area contributed by atoms with E-state index < -0.39 is 0 Å². The topological polar surface area (TPSA) is 38.2 Å². The Morgan fingerprint density at radius 3 is 2.80 bits per heavy atom. The van der Waals surface area contributed by atoms with E-state index in [1.165, 1.54) is 12.8 Å². The summed E-state index contributed by atoms with van der Waals surface area (Å²) in [4.78, 5) is 11.1. The summed E-state index contributed by atoms with van der Waals surface area (Å²) in [7, 11) is 2.17. The third-order valence-corrected chi connectivity index (χ3v) is 3.75. The Kier molecular flexibility index (Phi) is 5.15. The molecule has 4 nitrogen and oxygen atoms in total. The number of nitrogens with zero attached hydrogens (tertiary/aromatic N) is 3. The summed E-state index contributed by atoms with van der Waals surface area (Å²) in [6, 6.07) is 8.47. The van der Waals surface area contributed by atoms with E-state index in [1.54, 1.807) is 0 Å². The number of hydrogen-bond acceptors (Lipinski definition) is 4. The van der Waals surface area contributed by atoms with Crippen LogP contribution in [0.4, 0.5) is 0 Å². The quantitative estimate of drug-likeness (QED) is 0.872. The largest absolute Gasteiger partial charge is 0.463 e. The van der Waals surface area contributed by atoms with E-state index in [4.69, 9.17) is 4.74 Å². The maximum atomic E-state index is 5.75. The molecule has 0 spiro atoms. The number of piperidine rings is 1. The SMILES string of the molecule is CN1CCC(COc2ncc3ccccc3n2)CC1.Cl. The average molecular weight is 294 g/mol. The number of fused-ring (bicyclic) bond motifs is 1. The standard InChI is InChI=1S/C15H19N3O.ClH/c1-18-8-6-12(7-9-18)11-19-15-16-10-13-4-2-3-5-14(13)17-15;/h2-5,10,12H,6-9,11H2,1H3;1H. The van der Waals surface area contributed by atoms with Crippen LogP contribution in [0.25, 0.3) is 10.9 Å². The van der Waals surface area contributed by atoms with Crippen LogP contribution in [0, 0.1) is 5.92 Å². The van der Waals surface area contributed by atoms with Crippen molar-refractivity contribution in [3.05, 3.63) is 30.5 Å². The number of benzene rings is 1. The molecule has 0 radical (unpaired) electrons. The Balaban J connectivity index is 0.00000147. The molecule has 1 aromatic carbocycles. The number of hydrogen-bond donors (Lipinski definition) is 0. The highest BCUT2D eigenvalue weighted by atomic mass is 35.5. The molecule has 3 rings (SSSR count). The van der Waals surface area contributed by atoms with Crippen LogP contribution in [-0.2, 0) is 0 Å². The molecule has 0 atom stereocenters. The molecule has 2 heterocycles. The van der Waals surface area contributed by atoms with Gasteiger partial charge in [-0.2, -0.15) is 4.98 Å². The van der Waals surface area contributed by atoms with Gasteiger partial charge in [-0.3, -0.25) is 0 Å². The third-order valence-electron chi connectivity index (χ3n) is 3.75. The van der Waals surface area contributed by atoms with Gasteiger partial charge in [-0.05, 0) is 45.0 Å². The number of likely N-dealkylation sites (tertiary alicyclic amines) is 1. The number of para-hydroxylation sites is 1. The van der Waals surface area contributed by atoms with Crippen LogP contribution in [0.1, 0.15) is 12.8 Å². The summed E-state index contributed by atoms with van der Waals surface area (Å²) in [6.45, 7) is 3.05. The number of rotatable bonds is 3. The first kappa shape index (κ1) is 15.0. The second kappa shape index (κ2) is 6.86. The summed E-state index contributed by atoms with van der Waals surface area (Å²) in [5.74, 6) is 0.631. The van der Waals surface area contributed by atoms with E-state index in [9.17, 15) is 0 Å². The summed E-state index contributed by atoms with van der Waals surface area (Å²) >= 11 is 0. The minimum atomic E-state index is 0. The molecular weight excluding hydrogens is 274 g/mol. The van der Waals surface area contributed by atoms with Crippen molar-refractivity contribution in [3.63, 3.8) is 0 Å². The lowest BCUT2D eigenvalue weighted by atomic mass is 9.98. The maximum Gasteiger partial charge on any atom is 0.316 e. The Labute approximate surface area is 125 Å². The van der Waals surface area contributed by atoms with Crippen LogP contribution < -0.4 is 4.74 Å². The summed E-state index contributed by atoms with van der Waals surface area (Å²) in [5, 5.41) is 1.05. The van der Waals surface area contributed by atoms with Gasteiger partial charge in [-0.15, -0.1) is 12.4 Å². The lowest BCUT2D eigenvalue weighted by Gasteiger charge is -2.28. The number of ether oxygens (including phenoxy) is 1. The summed E-state index contributed by atoms with van der Waals surface area (Å²) < 4.78 is 5.75. The van der Waals surface area contributed by atoms with Gasteiger partial charge < -0.3 is 9.64 Å². The minimum Gasteiger partial charge on any atom is -0.463 e. The van der Waals surface area contributed by atoms with Gasteiger partial charge in [0, 0.05) is 11.6 Å². The first-order chi connectivity index (χ1) is 9.31. The lowest BCUT2D eigenvalue weighted by molar-refractivity contribution is 0.154. The molecule has 1 aliphatic rings. The van der Waals surface area contributed by atoms with Crippen LogP contribution in [0.3, 0.4) is 0 Å². The normalized spacial score (nSPS) is 16.9. The van der Waals surface area contributed by atoms with Gasteiger partial charge in [0.25, 0.3) is 0 Å². The molecule has 0 saturated carbocycles. The van der Waals surface area contributed by atoms with Crippen LogP contribution in [0.15, 0.2) is 30.5 Å². The van der Waals surface area contributed by atoms with Crippen molar-refractivity contribution in [2.75, 3.05) is 26.7 Å². The molecular formula is C15H20ClN3O. The maximum absolute atomic E-state index is 5.75. The second-order valence-electron chi connectivity index (χ2n) is 5.27. The van der Waals surface area contributed by atoms with Gasteiger partial charge in [-0.25, -0.2) is 4.98 Å². The first-order valence-corrected chi connectivity index (χ1v) is 6.84. The van der Waals surface area contributed by atoms with Gasteiger partial charge in [0.1, 0.15) is 0 Å². The average Bonchev–Trinajstić information content (AvgIpc) is 2.46. The highest BCUT2D eigenvalue weighted by Gasteiger charge is 2.17. The zero-order valence-electron chi connectivity index (χ0n) is 11.7. The molecule has 0 bridgehead atoms. The Hall–Kier alpha value is -1.39. The second-order valence-corrected chi connectivity index (χ2v) is 5.27.